The van der Waals surface area contributed by atoms with Crippen LogP contribution in [0.15, 0.2) is 18.2 Å². The predicted molar refractivity (Wildman–Crippen MR) is 74.5 cm³/mol. The minimum atomic E-state index is 0.0712. The Labute approximate surface area is 109 Å². The highest BCUT2D eigenvalue weighted by Gasteiger charge is 2.37. The van der Waals surface area contributed by atoms with Crippen molar-refractivity contribution in [1.29, 1.82) is 0 Å². The van der Waals surface area contributed by atoms with E-state index in [0.29, 0.717) is 13.0 Å². The van der Waals surface area contributed by atoms with Crippen molar-refractivity contribution < 1.29 is 4.79 Å². The third-order valence-electron chi connectivity index (χ3n) is 4.26. The van der Waals surface area contributed by atoms with Crippen molar-refractivity contribution in [3.8, 4) is 0 Å². The van der Waals surface area contributed by atoms with Gasteiger partial charge in [-0.25, -0.2) is 0 Å². The van der Waals surface area contributed by atoms with Gasteiger partial charge in [-0.15, -0.1) is 0 Å². The lowest BCUT2D eigenvalue weighted by Gasteiger charge is -2.40. The van der Waals surface area contributed by atoms with E-state index in [0.717, 1.165) is 24.1 Å². The van der Waals surface area contributed by atoms with E-state index in [-0.39, 0.29) is 11.3 Å². The van der Waals surface area contributed by atoms with Gasteiger partial charge in [0.05, 0.1) is 0 Å². The van der Waals surface area contributed by atoms with Crippen LogP contribution in [0.2, 0.25) is 0 Å². The fourth-order valence-electron chi connectivity index (χ4n) is 2.55. The average Bonchev–Trinajstić information content (AvgIpc) is 2.30. The first kappa shape index (κ1) is 13.1. The highest BCUT2D eigenvalue weighted by atomic mass is 16.1. The summed E-state index contributed by atoms with van der Waals surface area (Å²) in [7, 11) is 0. The van der Waals surface area contributed by atoms with Crippen LogP contribution in [-0.4, -0.2) is 12.5 Å². The number of benzene rings is 1. The summed E-state index contributed by atoms with van der Waals surface area (Å²) in [4.78, 5) is 12.1. The van der Waals surface area contributed by atoms with E-state index in [1.54, 1.807) is 0 Å². The molecule has 0 unspecified atom stereocenters. The molecule has 0 bridgehead atoms. The molecule has 3 nitrogen and oxygen atoms in total. The van der Waals surface area contributed by atoms with Gasteiger partial charge in [0.25, 0.3) is 0 Å². The van der Waals surface area contributed by atoms with Crippen molar-refractivity contribution >= 4 is 11.6 Å². The van der Waals surface area contributed by atoms with Crippen LogP contribution in [0, 0.1) is 19.3 Å². The normalized spacial score (nSPS) is 17.1. The van der Waals surface area contributed by atoms with Crippen LogP contribution in [-0.2, 0) is 4.79 Å². The van der Waals surface area contributed by atoms with Crippen LogP contribution in [0.25, 0.3) is 0 Å². The lowest BCUT2D eigenvalue weighted by Crippen LogP contribution is -2.40. The summed E-state index contributed by atoms with van der Waals surface area (Å²) in [6.07, 6.45) is 3.93. The fourth-order valence-corrected chi connectivity index (χ4v) is 2.55. The number of nitrogens with two attached hydrogens (primary N) is 1. The summed E-state index contributed by atoms with van der Waals surface area (Å²) < 4.78 is 0. The Morgan fingerprint density at radius 2 is 2.11 bits per heavy atom. The second-order valence-electron chi connectivity index (χ2n) is 5.53. The van der Waals surface area contributed by atoms with Gasteiger partial charge in [0.15, 0.2) is 0 Å². The molecule has 1 saturated carbocycles. The Balaban J connectivity index is 2.01. The highest BCUT2D eigenvalue weighted by molar-refractivity contribution is 5.92. The van der Waals surface area contributed by atoms with Crippen molar-refractivity contribution in [3.05, 3.63) is 29.3 Å². The van der Waals surface area contributed by atoms with Gasteiger partial charge in [0.2, 0.25) is 5.91 Å². The van der Waals surface area contributed by atoms with Gasteiger partial charge in [-0.3, -0.25) is 4.79 Å². The van der Waals surface area contributed by atoms with Crippen molar-refractivity contribution in [2.24, 2.45) is 11.1 Å². The zero-order valence-corrected chi connectivity index (χ0v) is 11.3. The molecule has 0 aromatic heterocycles. The number of hydrogen-bond donors (Lipinski definition) is 2. The Bertz CT molecular complexity index is 444. The van der Waals surface area contributed by atoms with Crippen LogP contribution in [0.1, 0.15) is 36.8 Å². The first-order chi connectivity index (χ1) is 8.56. The van der Waals surface area contributed by atoms with Gasteiger partial charge in [-0.2, -0.15) is 0 Å². The van der Waals surface area contributed by atoms with Gasteiger partial charge in [-0.05, 0) is 55.8 Å². The number of nitrogens with one attached hydrogen (secondary N) is 1. The number of carbonyl (C=O) groups is 1. The van der Waals surface area contributed by atoms with E-state index in [2.05, 4.69) is 18.3 Å². The number of anilines is 1. The highest BCUT2D eigenvalue weighted by Crippen LogP contribution is 2.43. The summed E-state index contributed by atoms with van der Waals surface area (Å²) in [5.74, 6) is 0.0915. The van der Waals surface area contributed by atoms with E-state index in [9.17, 15) is 4.79 Å². The zero-order chi connectivity index (χ0) is 13.2. The van der Waals surface area contributed by atoms with Gasteiger partial charge < -0.3 is 11.1 Å². The first-order valence-electron chi connectivity index (χ1n) is 6.62. The number of aryl methyl sites for hydroxylation is 1. The molecule has 3 heteroatoms. The van der Waals surface area contributed by atoms with E-state index in [1.165, 1.54) is 12.0 Å². The number of carbonyl (C=O) groups excluding carboxylic acids is 1. The van der Waals surface area contributed by atoms with Gasteiger partial charge in [0.1, 0.15) is 0 Å². The summed E-state index contributed by atoms with van der Waals surface area (Å²) >= 11 is 0. The molecule has 2 rings (SSSR count). The van der Waals surface area contributed by atoms with E-state index >= 15 is 0 Å². The summed E-state index contributed by atoms with van der Waals surface area (Å²) in [5.41, 5.74) is 9.12. The molecule has 1 aromatic carbocycles. The molecule has 3 N–H and O–H groups in total. The molecule has 0 aliphatic heterocycles. The van der Waals surface area contributed by atoms with Gasteiger partial charge in [0, 0.05) is 12.1 Å². The average molecular weight is 246 g/mol. The molecule has 1 aliphatic carbocycles. The SMILES string of the molecule is Cc1cccc(NC(=O)CC2(CN)CCC2)c1C. The predicted octanol–water partition coefficient (Wildman–Crippen LogP) is 2.76. The molecule has 1 aliphatic rings. The first-order valence-corrected chi connectivity index (χ1v) is 6.62. The molecule has 18 heavy (non-hydrogen) atoms. The maximum atomic E-state index is 12.1. The second kappa shape index (κ2) is 5.11. The molecule has 0 heterocycles. The molecular formula is C15H22N2O. The lowest BCUT2D eigenvalue weighted by atomic mass is 9.66. The number of rotatable bonds is 4. The molecule has 1 amide bonds. The minimum absolute atomic E-state index is 0.0712. The number of amides is 1. The van der Waals surface area contributed by atoms with Crippen LogP contribution in [0.5, 0.6) is 0 Å². The zero-order valence-electron chi connectivity index (χ0n) is 11.3. The van der Waals surface area contributed by atoms with Crippen molar-refractivity contribution in [2.75, 3.05) is 11.9 Å². The molecule has 0 spiro atoms. The minimum Gasteiger partial charge on any atom is -0.330 e. The molecule has 0 atom stereocenters. The third kappa shape index (κ3) is 2.56. The topological polar surface area (TPSA) is 55.1 Å². The lowest BCUT2D eigenvalue weighted by molar-refractivity contribution is -0.119. The molecule has 1 aromatic rings. The van der Waals surface area contributed by atoms with E-state index in [1.807, 2.05) is 19.1 Å². The van der Waals surface area contributed by atoms with Crippen LogP contribution in [0.4, 0.5) is 5.69 Å². The Hall–Kier alpha value is -1.35. The molecule has 98 valence electrons. The quantitative estimate of drug-likeness (QED) is 0.858. The second-order valence-corrected chi connectivity index (χ2v) is 5.53. The van der Waals surface area contributed by atoms with E-state index < -0.39 is 0 Å². The largest absolute Gasteiger partial charge is 0.330 e. The van der Waals surface area contributed by atoms with Gasteiger partial charge >= 0.3 is 0 Å². The maximum absolute atomic E-state index is 12.1. The Kier molecular flexibility index (Phi) is 3.71. The third-order valence-corrected chi connectivity index (χ3v) is 4.26. The molecular weight excluding hydrogens is 224 g/mol. The van der Waals surface area contributed by atoms with Crippen molar-refractivity contribution in [3.63, 3.8) is 0 Å². The van der Waals surface area contributed by atoms with Crippen molar-refractivity contribution in [1.82, 2.24) is 0 Å². The van der Waals surface area contributed by atoms with Gasteiger partial charge in [-0.1, -0.05) is 18.6 Å². The Morgan fingerprint density at radius 3 is 2.67 bits per heavy atom. The molecule has 0 radical (unpaired) electrons. The summed E-state index contributed by atoms with van der Waals surface area (Å²) in [6, 6.07) is 5.98. The summed E-state index contributed by atoms with van der Waals surface area (Å²) in [6.45, 7) is 4.71. The smallest absolute Gasteiger partial charge is 0.224 e. The van der Waals surface area contributed by atoms with E-state index in [4.69, 9.17) is 5.73 Å². The standard InChI is InChI=1S/C15H22N2O/c1-11-5-3-6-13(12(11)2)17-14(18)9-15(10-16)7-4-8-15/h3,5-6H,4,7-10,16H2,1-2H3,(H,17,18). The number of hydrogen-bond acceptors (Lipinski definition) is 2. The monoisotopic (exact) mass is 246 g/mol. The van der Waals surface area contributed by atoms with Crippen LogP contribution in [0.3, 0.4) is 0 Å². The summed E-state index contributed by atoms with van der Waals surface area (Å²) in [5, 5.41) is 3.01. The van der Waals surface area contributed by atoms with Crippen LogP contribution < -0.4 is 11.1 Å². The maximum Gasteiger partial charge on any atom is 0.224 e. The Morgan fingerprint density at radius 1 is 1.39 bits per heavy atom. The fraction of sp³-hybridized carbons (Fsp3) is 0.533. The molecule has 0 saturated heterocycles. The van der Waals surface area contributed by atoms with Crippen molar-refractivity contribution in [2.45, 2.75) is 39.5 Å². The van der Waals surface area contributed by atoms with Crippen LogP contribution >= 0.6 is 0 Å². The molecule has 1 fully saturated rings.